The maximum atomic E-state index is 6.28. The predicted molar refractivity (Wildman–Crippen MR) is 88.4 cm³/mol. The van der Waals surface area contributed by atoms with Gasteiger partial charge in [-0.2, -0.15) is 0 Å². The fraction of sp³-hybridized carbons (Fsp3) is 0.688. The molecular formula is C16H28ClN3. The molecule has 0 aliphatic carbocycles. The number of hydrogen-bond donors (Lipinski definition) is 1. The van der Waals surface area contributed by atoms with Gasteiger partial charge in [-0.25, -0.2) is 4.98 Å². The summed E-state index contributed by atoms with van der Waals surface area (Å²) in [4.78, 5) is 7.06. The van der Waals surface area contributed by atoms with E-state index >= 15 is 0 Å². The van der Waals surface area contributed by atoms with Gasteiger partial charge in [0.05, 0.1) is 10.7 Å². The SMILES string of the molecule is CCNc1ccc(Cl)c(CN(CC)CC(CC)CC)n1. The van der Waals surface area contributed by atoms with E-state index in [2.05, 4.69) is 42.9 Å². The first-order valence-corrected chi connectivity index (χ1v) is 8.13. The third-order valence-corrected chi connectivity index (χ3v) is 4.11. The summed E-state index contributed by atoms with van der Waals surface area (Å²) in [5.41, 5.74) is 0.970. The third kappa shape index (κ3) is 5.29. The van der Waals surface area contributed by atoms with Gasteiger partial charge in [-0.3, -0.25) is 4.90 Å². The molecule has 0 unspecified atom stereocenters. The van der Waals surface area contributed by atoms with E-state index in [1.807, 2.05) is 12.1 Å². The molecule has 1 N–H and O–H groups in total. The highest BCUT2D eigenvalue weighted by atomic mass is 35.5. The average Bonchev–Trinajstić information content (AvgIpc) is 2.46. The number of rotatable bonds is 9. The van der Waals surface area contributed by atoms with Crippen LogP contribution < -0.4 is 5.32 Å². The molecule has 0 spiro atoms. The Hall–Kier alpha value is -0.800. The number of hydrogen-bond acceptors (Lipinski definition) is 3. The summed E-state index contributed by atoms with van der Waals surface area (Å²) in [7, 11) is 0. The van der Waals surface area contributed by atoms with Crippen LogP contribution >= 0.6 is 11.6 Å². The molecule has 0 aromatic carbocycles. The van der Waals surface area contributed by atoms with E-state index in [4.69, 9.17) is 11.6 Å². The van der Waals surface area contributed by atoms with Crippen molar-refractivity contribution in [2.75, 3.05) is 25.0 Å². The van der Waals surface area contributed by atoms with Gasteiger partial charge in [0.25, 0.3) is 0 Å². The van der Waals surface area contributed by atoms with Crippen molar-refractivity contribution in [3.05, 3.63) is 22.8 Å². The van der Waals surface area contributed by atoms with Gasteiger partial charge in [0.1, 0.15) is 5.82 Å². The summed E-state index contributed by atoms with van der Waals surface area (Å²) in [6.07, 6.45) is 2.46. The lowest BCUT2D eigenvalue weighted by atomic mass is 10.0. The van der Waals surface area contributed by atoms with Gasteiger partial charge in [0.2, 0.25) is 0 Å². The minimum atomic E-state index is 0.755. The molecule has 114 valence electrons. The van der Waals surface area contributed by atoms with E-state index in [1.54, 1.807) is 0 Å². The quantitative estimate of drug-likeness (QED) is 0.731. The summed E-state index contributed by atoms with van der Waals surface area (Å²) in [5.74, 6) is 1.66. The standard InChI is InChI=1S/C16H28ClN3/c1-5-13(6-2)11-20(8-4)12-15-14(17)9-10-16(19-15)18-7-3/h9-10,13H,5-8,11-12H2,1-4H3,(H,18,19). The molecule has 0 aliphatic rings. The molecule has 3 nitrogen and oxygen atoms in total. The summed E-state index contributed by atoms with van der Waals surface area (Å²) in [6, 6.07) is 3.87. The molecule has 0 radical (unpaired) electrons. The molecule has 1 aromatic heterocycles. The van der Waals surface area contributed by atoms with Gasteiger partial charge in [0, 0.05) is 19.6 Å². The average molecular weight is 298 g/mol. The highest BCUT2D eigenvalue weighted by molar-refractivity contribution is 6.31. The zero-order chi connectivity index (χ0) is 15.0. The minimum absolute atomic E-state index is 0.755. The van der Waals surface area contributed by atoms with Crippen molar-refractivity contribution in [2.24, 2.45) is 5.92 Å². The molecule has 4 heteroatoms. The largest absolute Gasteiger partial charge is 0.370 e. The van der Waals surface area contributed by atoms with E-state index in [9.17, 15) is 0 Å². The lowest BCUT2D eigenvalue weighted by molar-refractivity contribution is 0.224. The second-order valence-corrected chi connectivity index (χ2v) is 5.57. The lowest BCUT2D eigenvalue weighted by Crippen LogP contribution is -2.29. The van der Waals surface area contributed by atoms with Crippen LogP contribution in [0.5, 0.6) is 0 Å². The summed E-state index contributed by atoms with van der Waals surface area (Å²) in [6.45, 7) is 12.6. The molecule has 0 bridgehead atoms. The van der Waals surface area contributed by atoms with Crippen LogP contribution in [-0.4, -0.2) is 29.5 Å². The highest BCUT2D eigenvalue weighted by Gasteiger charge is 2.13. The van der Waals surface area contributed by atoms with Gasteiger partial charge in [0.15, 0.2) is 0 Å². The molecule has 1 aromatic rings. The maximum Gasteiger partial charge on any atom is 0.126 e. The molecule has 20 heavy (non-hydrogen) atoms. The number of nitrogens with zero attached hydrogens (tertiary/aromatic N) is 2. The molecule has 0 fully saturated rings. The van der Waals surface area contributed by atoms with Crippen LogP contribution in [0.4, 0.5) is 5.82 Å². The fourth-order valence-corrected chi connectivity index (χ4v) is 2.47. The first-order chi connectivity index (χ1) is 9.64. The Labute approximate surface area is 128 Å². The number of aromatic nitrogens is 1. The Morgan fingerprint density at radius 1 is 1.20 bits per heavy atom. The van der Waals surface area contributed by atoms with Gasteiger partial charge < -0.3 is 5.32 Å². The molecule has 0 saturated carbocycles. The smallest absolute Gasteiger partial charge is 0.126 e. The first kappa shape index (κ1) is 17.3. The Bertz CT molecular complexity index is 391. The molecule has 0 aliphatic heterocycles. The molecule has 1 rings (SSSR count). The van der Waals surface area contributed by atoms with Crippen LogP contribution in [-0.2, 0) is 6.54 Å². The topological polar surface area (TPSA) is 28.2 Å². The van der Waals surface area contributed by atoms with E-state index in [0.29, 0.717) is 0 Å². The van der Waals surface area contributed by atoms with Crippen LogP contribution in [0.1, 0.15) is 46.2 Å². The zero-order valence-corrected chi connectivity index (χ0v) is 14.0. The number of pyridine rings is 1. The van der Waals surface area contributed by atoms with Crippen LogP contribution in [0.15, 0.2) is 12.1 Å². The van der Waals surface area contributed by atoms with E-state index in [1.165, 1.54) is 12.8 Å². The lowest BCUT2D eigenvalue weighted by Gasteiger charge is -2.25. The Morgan fingerprint density at radius 2 is 1.90 bits per heavy atom. The first-order valence-electron chi connectivity index (χ1n) is 7.76. The summed E-state index contributed by atoms with van der Waals surface area (Å²) >= 11 is 6.28. The monoisotopic (exact) mass is 297 g/mol. The van der Waals surface area contributed by atoms with Crippen molar-refractivity contribution in [1.29, 1.82) is 0 Å². The molecule has 0 amide bonds. The fourth-order valence-electron chi connectivity index (χ4n) is 2.30. The van der Waals surface area contributed by atoms with E-state index in [-0.39, 0.29) is 0 Å². The summed E-state index contributed by atoms with van der Waals surface area (Å²) < 4.78 is 0. The van der Waals surface area contributed by atoms with Gasteiger partial charge in [-0.05, 0) is 31.5 Å². The number of halogens is 1. The van der Waals surface area contributed by atoms with Crippen molar-refractivity contribution >= 4 is 17.4 Å². The van der Waals surface area contributed by atoms with Crippen molar-refractivity contribution in [2.45, 2.75) is 47.1 Å². The van der Waals surface area contributed by atoms with Crippen molar-refractivity contribution < 1.29 is 0 Å². The normalized spacial score (nSPS) is 11.3. The zero-order valence-electron chi connectivity index (χ0n) is 13.2. The van der Waals surface area contributed by atoms with Crippen LogP contribution in [0, 0.1) is 5.92 Å². The van der Waals surface area contributed by atoms with Gasteiger partial charge in [-0.15, -0.1) is 0 Å². The van der Waals surface area contributed by atoms with Gasteiger partial charge in [-0.1, -0.05) is 45.2 Å². The Balaban J connectivity index is 2.75. The van der Waals surface area contributed by atoms with E-state index < -0.39 is 0 Å². The van der Waals surface area contributed by atoms with Crippen LogP contribution in [0.2, 0.25) is 5.02 Å². The number of nitrogens with one attached hydrogen (secondary N) is 1. The van der Waals surface area contributed by atoms with Crippen LogP contribution in [0.25, 0.3) is 0 Å². The second kappa shape index (κ2) is 9.19. The third-order valence-electron chi connectivity index (χ3n) is 3.77. The molecule has 0 saturated heterocycles. The summed E-state index contributed by atoms with van der Waals surface area (Å²) in [5, 5.41) is 4.00. The minimum Gasteiger partial charge on any atom is -0.370 e. The van der Waals surface area contributed by atoms with Crippen molar-refractivity contribution in [3.63, 3.8) is 0 Å². The highest BCUT2D eigenvalue weighted by Crippen LogP contribution is 2.19. The molecular weight excluding hydrogens is 270 g/mol. The van der Waals surface area contributed by atoms with Gasteiger partial charge >= 0.3 is 0 Å². The van der Waals surface area contributed by atoms with Crippen molar-refractivity contribution in [1.82, 2.24) is 9.88 Å². The Kier molecular flexibility index (Phi) is 7.93. The molecule has 0 atom stereocenters. The Morgan fingerprint density at radius 3 is 2.45 bits per heavy atom. The number of anilines is 1. The van der Waals surface area contributed by atoms with Crippen LogP contribution in [0.3, 0.4) is 0 Å². The predicted octanol–water partition coefficient (Wildman–Crippen LogP) is 4.42. The molecule has 1 heterocycles. The van der Waals surface area contributed by atoms with E-state index in [0.717, 1.165) is 48.6 Å². The maximum absolute atomic E-state index is 6.28. The second-order valence-electron chi connectivity index (χ2n) is 5.17. The van der Waals surface area contributed by atoms with Crippen molar-refractivity contribution in [3.8, 4) is 0 Å².